The molecule has 0 saturated heterocycles. The minimum atomic E-state index is -0.770. The van der Waals surface area contributed by atoms with Crippen molar-refractivity contribution in [2.24, 2.45) is 5.92 Å². The Bertz CT molecular complexity index is 3150. The fourth-order valence-electron chi connectivity index (χ4n) is 10.2. The number of rotatable bonds is 109. The number of ketones is 10. The summed E-state index contributed by atoms with van der Waals surface area (Å²) in [6.45, 7) is 33.2. The Balaban J connectivity index is -0.000000441. The van der Waals surface area contributed by atoms with Crippen LogP contribution in [0.3, 0.4) is 0 Å². The summed E-state index contributed by atoms with van der Waals surface area (Å²) >= 11 is 1.54. The molecule has 0 radical (unpaired) electrons. The van der Waals surface area contributed by atoms with Crippen LogP contribution in [0.25, 0.3) is 0 Å². The van der Waals surface area contributed by atoms with Crippen LogP contribution in [0, 0.1) is 5.92 Å². The van der Waals surface area contributed by atoms with Crippen molar-refractivity contribution in [3.63, 3.8) is 0 Å². The molecule has 0 aromatic carbocycles. The lowest BCUT2D eigenvalue weighted by molar-refractivity contribution is -0.134. The molecule has 0 bridgehead atoms. The van der Waals surface area contributed by atoms with Crippen LogP contribution < -0.4 is 26.6 Å². The Labute approximate surface area is 887 Å². The number of thioether (sulfide) groups is 1. The highest BCUT2D eigenvalue weighted by molar-refractivity contribution is 7.99. The van der Waals surface area contributed by atoms with Gasteiger partial charge in [0.2, 0.25) is 29.5 Å². The summed E-state index contributed by atoms with van der Waals surface area (Å²) in [6, 6.07) is -0.770. The van der Waals surface area contributed by atoms with Crippen molar-refractivity contribution in [1.82, 2.24) is 26.6 Å². The monoisotopic (exact) mass is 2180 g/mol. The molecule has 0 rings (SSSR count). The van der Waals surface area contributed by atoms with Crippen LogP contribution in [0.1, 0.15) is 138 Å². The van der Waals surface area contributed by atoms with Crippen LogP contribution in [0.15, 0.2) is 0 Å². The van der Waals surface area contributed by atoms with Gasteiger partial charge in [0.15, 0.2) is 17.3 Å². The molecule has 0 heterocycles. The first-order valence-electron chi connectivity index (χ1n) is 50.6. The zero-order valence-corrected chi connectivity index (χ0v) is 92.7. The molecule has 876 valence electrons. The lowest BCUT2D eigenvalue weighted by Gasteiger charge is -2.15. The number of carbonyl (C=O) groups is 15. The van der Waals surface area contributed by atoms with Gasteiger partial charge in [0.25, 0.3) is 0 Å². The molecule has 0 aliphatic carbocycles. The van der Waals surface area contributed by atoms with Crippen molar-refractivity contribution in [1.29, 1.82) is 0 Å². The van der Waals surface area contributed by atoms with Crippen LogP contribution >= 0.6 is 11.8 Å². The molecule has 48 nitrogen and oxygen atoms in total. The Morgan fingerprint density at radius 2 is 0.503 bits per heavy atom. The molecule has 0 saturated carbocycles. The molecule has 0 fully saturated rings. The Kier molecular flexibility index (Phi) is 132. The van der Waals surface area contributed by atoms with Gasteiger partial charge in [-0.2, -0.15) is 11.8 Å². The molecule has 49 heteroatoms. The van der Waals surface area contributed by atoms with Gasteiger partial charge < -0.3 is 159 Å². The lowest BCUT2D eigenvalue weighted by Crippen LogP contribution is -2.41. The molecule has 2 atom stereocenters. The fraction of sp³-hybridized carbons (Fsp3) is 0.850. The summed E-state index contributed by atoms with van der Waals surface area (Å²) < 4.78 is 146. The third kappa shape index (κ3) is 141. The summed E-state index contributed by atoms with van der Waals surface area (Å²) in [5, 5.41) is 13.0. The van der Waals surface area contributed by atoms with E-state index in [-0.39, 0.29) is 159 Å². The van der Waals surface area contributed by atoms with Crippen molar-refractivity contribution in [2.45, 2.75) is 144 Å². The van der Waals surface area contributed by atoms with Crippen LogP contribution in [-0.2, 0) is 205 Å². The standard InChI is InChI=1S/C31H61NO15.C22H39NO9.C17H30N2O7.C15H29NO7.C10H18O3S.C5H10O2/c1-30(33)3-5-36-7-9-38-11-13-40-15-17-42-19-21-44-23-25-46-27-28-47-26-24-45-22-20-43-18-16-41-14-12-39-10-8-37-6-4-32-31(34)29-35-2;1-4-19(25)16-21(18(2)24)23-22(27)7-9-30-11-13-32-15-14-31-12-10-29-8-5-6-20(26)17-28-3;1-13(20)4-6-25-8-9-26-7-5-19-17(23)14(11-16(22)18-2)10-15(21)12-24-3;1-14(17)3-5-20-7-9-22-11-12-23-10-8-21-6-4-16-15(18)13-19-2;1-9(11)5-7-14-8-10(12)4-3-6-13-2;1-5(6)3-4-7-2/h3-29H2,1-2H3,(H,32,34);21H,4-17H2,1-3H3,(H,23,27);14H,4-12H2,1-3H3,(H,18,22)(H,19,23);3-13H2,1-2H3,(H,16,18);3-8H2,1-2H3;3-4H2,1-2H3/t;21-;14-;;;/m.00.../s1. The van der Waals surface area contributed by atoms with Gasteiger partial charge >= 0.3 is 0 Å². The quantitative estimate of drug-likeness (QED) is 0.0546. The van der Waals surface area contributed by atoms with E-state index in [9.17, 15) is 71.9 Å². The van der Waals surface area contributed by atoms with E-state index in [1.165, 1.54) is 61.1 Å². The number of Topliss-reactive ketones (excluding diaryl/α,β-unsaturated/α-hetero) is 10. The van der Waals surface area contributed by atoms with Crippen molar-refractivity contribution in [2.75, 3.05) is 411 Å². The molecule has 149 heavy (non-hydrogen) atoms. The average molecular weight is 2180 g/mol. The van der Waals surface area contributed by atoms with Crippen LogP contribution in [0.2, 0.25) is 0 Å². The summed E-state index contributed by atoms with van der Waals surface area (Å²) in [6.07, 6.45) is 5.20. The molecular weight excluding hydrogens is 1990 g/mol. The molecule has 0 unspecified atom stereocenters. The van der Waals surface area contributed by atoms with Gasteiger partial charge in [-0.1, -0.05) is 6.92 Å². The van der Waals surface area contributed by atoms with Gasteiger partial charge in [-0.3, -0.25) is 71.9 Å². The highest BCUT2D eigenvalue weighted by Crippen LogP contribution is 2.11. The lowest BCUT2D eigenvalue weighted by atomic mass is 9.97. The molecule has 5 N–H and O–H groups in total. The number of carbonyl (C=O) groups excluding carboxylic acids is 15. The third-order valence-corrected chi connectivity index (χ3v) is 19.1. The van der Waals surface area contributed by atoms with Gasteiger partial charge in [-0.25, -0.2) is 0 Å². The van der Waals surface area contributed by atoms with E-state index in [1.54, 1.807) is 48.8 Å². The number of nitrogens with one attached hydrogen (secondary N) is 5. The number of hydrogen-bond donors (Lipinski definition) is 5. The van der Waals surface area contributed by atoms with Gasteiger partial charge in [-0.15, -0.1) is 0 Å². The van der Waals surface area contributed by atoms with Crippen LogP contribution in [0.4, 0.5) is 0 Å². The van der Waals surface area contributed by atoms with Gasteiger partial charge in [0, 0.05) is 165 Å². The average Bonchev–Trinajstić information content (AvgIpc) is 0.918. The van der Waals surface area contributed by atoms with Crippen molar-refractivity contribution in [3.8, 4) is 0 Å². The maximum Gasteiger partial charge on any atom is 0.246 e. The summed E-state index contributed by atoms with van der Waals surface area (Å²) in [5.74, 6) is -0.343. The molecule has 0 aromatic heterocycles. The van der Waals surface area contributed by atoms with E-state index in [0.29, 0.717) is 367 Å². The third-order valence-electron chi connectivity index (χ3n) is 18.1. The van der Waals surface area contributed by atoms with Gasteiger partial charge in [-0.05, 0) is 54.4 Å². The highest BCUT2D eigenvalue weighted by Gasteiger charge is 2.25. The first-order chi connectivity index (χ1) is 72.1. The van der Waals surface area contributed by atoms with E-state index >= 15 is 0 Å². The molecule has 0 aliphatic rings. The number of ether oxygens (including phenoxy) is 28. The van der Waals surface area contributed by atoms with Gasteiger partial charge in [0.1, 0.15) is 66.9 Å². The molecule has 0 spiro atoms. The first-order valence-corrected chi connectivity index (χ1v) is 51.8. The molecule has 0 aromatic rings. The maximum absolute atomic E-state index is 12.2. The topological polar surface area (TPSA) is 575 Å². The Hall–Kier alpha value is -6.72. The summed E-state index contributed by atoms with van der Waals surface area (Å²) in [5.41, 5.74) is 0. The fourth-order valence-corrected chi connectivity index (χ4v) is 11.2. The summed E-state index contributed by atoms with van der Waals surface area (Å²) in [7, 11) is 10.5. The number of hydrogen-bond acceptors (Lipinski definition) is 44. The minimum absolute atomic E-state index is 0.0242. The Morgan fingerprint density at radius 3 is 0.785 bits per heavy atom. The Morgan fingerprint density at radius 1 is 0.235 bits per heavy atom. The van der Waals surface area contributed by atoms with Crippen LogP contribution in [-0.4, -0.2) is 505 Å². The zero-order chi connectivity index (χ0) is 112. The van der Waals surface area contributed by atoms with Crippen molar-refractivity contribution < 1.29 is 205 Å². The normalized spacial score (nSPS) is 11.2. The SMILES string of the molecule is CCC(=O)C[C@H](NC(=O)CCOCCOCCOCCOCCCC(=O)COC)C(C)=O.CNC(=O)C[C@H](CC(=O)COC)C(=O)NCCOCCOCCC(C)=O.COCC(=O)NCCOCCOCCOCCOCCC(C)=O.COCC(=O)NCCOCCOCCOCCOCCOCCOCCOCCOCCOCCOCCOCCOCCC(C)=O.COCCC(C)=O.COCCCC(=O)CSCCC(C)=O. The summed E-state index contributed by atoms with van der Waals surface area (Å²) in [4.78, 5) is 168. The van der Waals surface area contributed by atoms with E-state index < -0.39 is 12.0 Å². The largest absolute Gasteiger partial charge is 0.385 e. The van der Waals surface area contributed by atoms with E-state index in [2.05, 4.69) is 36.1 Å². The maximum atomic E-state index is 12.2. The van der Waals surface area contributed by atoms with E-state index in [4.69, 9.17) is 123 Å². The smallest absolute Gasteiger partial charge is 0.246 e. The second kappa shape index (κ2) is 128. The molecular formula is C100H187N5O43S. The predicted octanol–water partition coefficient (Wildman–Crippen LogP) is 2.38. The number of methoxy groups -OCH3 is 6. The predicted molar refractivity (Wildman–Crippen MR) is 550 cm³/mol. The van der Waals surface area contributed by atoms with E-state index in [0.717, 1.165) is 12.2 Å². The second-order valence-corrected chi connectivity index (χ2v) is 32.8. The molecule has 0 aliphatic heterocycles. The first kappa shape index (κ1) is 153. The van der Waals surface area contributed by atoms with Crippen LogP contribution in [0.5, 0.6) is 0 Å². The van der Waals surface area contributed by atoms with Gasteiger partial charge in [0.05, 0.1) is 308 Å². The highest BCUT2D eigenvalue weighted by atomic mass is 32.2. The van der Waals surface area contributed by atoms with Crippen molar-refractivity contribution >= 4 is 99.1 Å². The zero-order valence-electron chi connectivity index (χ0n) is 91.9. The molecule has 5 amide bonds. The van der Waals surface area contributed by atoms with E-state index in [1.807, 2.05) is 0 Å². The number of amides is 5. The second-order valence-electron chi connectivity index (χ2n) is 31.7. The van der Waals surface area contributed by atoms with Crippen molar-refractivity contribution in [3.05, 3.63) is 0 Å². The minimum Gasteiger partial charge on any atom is -0.385 e.